The highest BCUT2D eigenvalue weighted by Crippen LogP contribution is 2.23. The fraction of sp³-hybridized carbons (Fsp3) is 0.462. The smallest absolute Gasteiger partial charge is 0.124 e. The second-order valence-electron chi connectivity index (χ2n) is 4.50. The van der Waals surface area contributed by atoms with Gasteiger partial charge < -0.3 is 10.7 Å². The zero-order chi connectivity index (χ0) is 11.7. The molecule has 16 heavy (non-hydrogen) atoms. The van der Waals surface area contributed by atoms with Crippen LogP contribution in [0, 0.1) is 12.8 Å². The van der Waals surface area contributed by atoms with Gasteiger partial charge in [0.1, 0.15) is 5.82 Å². The van der Waals surface area contributed by atoms with Crippen LogP contribution < -0.4 is 5.73 Å². The number of hydrogen-bond acceptors (Lipinski definition) is 2. The molecule has 0 saturated carbocycles. The summed E-state index contributed by atoms with van der Waals surface area (Å²) in [5.74, 6) is 1.35. The van der Waals surface area contributed by atoms with Gasteiger partial charge in [0.25, 0.3) is 0 Å². The van der Waals surface area contributed by atoms with Gasteiger partial charge >= 0.3 is 0 Å². The van der Waals surface area contributed by atoms with Crippen LogP contribution in [0.2, 0.25) is 0 Å². The summed E-state index contributed by atoms with van der Waals surface area (Å²) in [4.78, 5) is 7.92. The fourth-order valence-corrected chi connectivity index (χ4v) is 1.88. The molecule has 0 aliphatic carbocycles. The van der Waals surface area contributed by atoms with Crippen molar-refractivity contribution in [1.82, 2.24) is 9.97 Å². The number of nitrogens with zero attached hydrogens (tertiary/aromatic N) is 1. The third kappa shape index (κ3) is 1.83. The molecular formula is C13H19N3. The van der Waals surface area contributed by atoms with Crippen molar-refractivity contribution in [2.24, 2.45) is 11.7 Å². The predicted molar refractivity (Wildman–Crippen MR) is 67.2 cm³/mol. The minimum atomic E-state index is -0.00296. The summed E-state index contributed by atoms with van der Waals surface area (Å²) in [5.41, 5.74) is 9.48. The molecule has 0 saturated heterocycles. The van der Waals surface area contributed by atoms with Crippen LogP contribution in [0.1, 0.15) is 37.7 Å². The quantitative estimate of drug-likeness (QED) is 0.830. The molecule has 2 rings (SSSR count). The lowest BCUT2D eigenvalue weighted by Gasteiger charge is -2.15. The van der Waals surface area contributed by atoms with E-state index in [1.807, 2.05) is 12.1 Å². The van der Waals surface area contributed by atoms with E-state index in [4.69, 9.17) is 5.73 Å². The number of aromatic nitrogens is 2. The van der Waals surface area contributed by atoms with E-state index in [1.165, 1.54) is 5.56 Å². The second-order valence-corrected chi connectivity index (χ2v) is 4.50. The van der Waals surface area contributed by atoms with Crippen LogP contribution in [-0.2, 0) is 0 Å². The van der Waals surface area contributed by atoms with Gasteiger partial charge in [0, 0.05) is 0 Å². The third-order valence-electron chi connectivity index (χ3n) is 3.31. The zero-order valence-corrected chi connectivity index (χ0v) is 10.1. The highest BCUT2D eigenvalue weighted by molar-refractivity contribution is 5.78. The maximum Gasteiger partial charge on any atom is 0.124 e. The first kappa shape index (κ1) is 11.1. The molecule has 1 aromatic heterocycles. The van der Waals surface area contributed by atoms with Crippen molar-refractivity contribution in [3.63, 3.8) is 0 Å². The van der Waals surface area contributed by atoms with Crippen LogP contribution in [0.3, 0.4) is 0 Å². The van der Waals surface area contributed by atoms with Crippen molar-refractivity contribution in [2.45, 2.75) is 33.2 Å². The molecule has 0 radical (unpaired) electrons. The van der Waals surface area contributed by atoms with Crippen molar-refractivity contribution >= 4 is 11.0 Å². The predicted octanol–water partition coefficient (Wildman–Crippen LogP) is 2.92. The summed E-state index contributed by atoms with van der Waals surface area (Å²) in [7, 11) is 0. The van der Waals surface area contributed by atoms with E-state index in [9.17, 15) is 0 Å². The van der Waals surface area contributed by atoms with Crippen molar-refractivity contribution < 1.29 is 0 Å². The number of imidazole rings is 1. The molecule has 1 heterocycles. The van der Waals surface area contributed by atoms with Crippen LogP contribution in [0.5, 0.6) is 0 Å². The Morgan fingerprint density at radius 2 is 2.19 bits per heavy atom. The van der Waals surface area contributed by atoms with Gasteiger partial charge in [-0.15, -0.1) is 0 Å². The van der Waals surface area contributed by atoms with Gasteiger partial charge in [0.15, 0.2) is 0 Å². The Balaban J connectivity index is 2.43. The maximum absolute atomic E-state index is 6.17. The van der Waals surface area contributed by atoms with Gasteiger partial charge in [-0.05, 0) is 24.5 Å². The van der Waals surface area contributed by atoms with E-state index in [0.29, 0.717) is 5.92 Å². The van der Waals surface area contributed by atoms with Gasteiger partial charge in [0.05, 0.1) is 17.1 Å². The van der Waals surface area contributed by atoms with E-state index < -0.39 is 0 Å². The van der Waals surface area contributed by atoms with E-state index in [2.05, 4.69) is 36.8 Å². The van der Waals surface area contributed by atoms with Crippen molar-refractivity contribution in [3.05, 3.63) is 29.6 Å². The number of rotatable bonds is 3. The van der Waals surface area contributed by atoms with Gasteiger partial charge in [-0.2, -0.15) is 0 Å². The molecule has 0 fully saturated rings. The number of benzene rings is 1. The number of aryl methyl sites for hydroxylation is 1. The Labute approximate surface area is 96.1 Å². The van der Waals surface area contributed by atoms with Gasteiger partial charge in [-0.1, -0.05) is 32.4 Å². The van der Waals surface area contributed by atoms with Gasteiger partial charge in [-0.3, -0.25) is 0 Å². The number of nitrogens with one attached hydrogen (secondary N) is 1. The average molecular weight is 217 g/mol. The van der Waals surface area contributed by atoms with Gasteiger partial charge in [0.2, 0.25) is 0 Å². The van der Waals surface area contributed by atoms with Crippen LogP contribution >= 0.6 is 0 Å². The Kier molecular flexibility index (Phi) is 2.97. The highest BCUT2D eigenvalue weighted by atomic mass is 15.0. The molecule has 2 aromatic rings. The first-order chi connectivity index (χ1) is 7.63. The summed E-state index contributed by atoms with van der Waals surface area (Å²) in [6.45, 7) is 6.38. The largest absolute Gasteiger partial charge is 0.341 e. The number of fused-ring (bicyclic) bond motifs is 1. The van der Waals surface area contributed by atoms with E-state index in [1.54, 1.807) is 0 Å². The highest BCUT2D eigenvalue weighted by Gasteiger charge is 2.17. The van der Waals surface area contributed by atoms with Crippen LogP contribution in [0.4, 0.5) is 0 Å². The van der Waals surface area contributed by atoms with Crippen molar-refractivity contribution in [2.75, 3.05) is 0 Å². The molecule has 0 bridgehead atoms. The Morgan fingerprint density at radius 1 is 1.44 bits per heavy atom. The number of aromatic amines is 1. The number of hydrogen-bond donors (Lipinski definition) is 2. The second kappa shape index (κ2) is 4.26. The first-order valence-corrected chi connectivity index (χ1v) is 5.84. The number of nitrogens with two attached hydrogens (primary N) is 1. The molecular weight excluding hydrogens is 198 g/mol. The van der Waals surface area contributed by atoms with E-state index >= 15 is 0 Å². The molecule has 3 heteroatoms. The standard InChI is InChI=1S/C13H19N3/c1-4-8(2)11(14)13-15-10-7-5-6-9(3)12(10)16-13/h5-8,11H,4,14H2,1-3H3,(H,15,16)/t8-,11+/m1/s1. The molecule has 3 nitrogen and oxygen atoms in total. The van der Waals surface area contributed by atoms with Crippen molar-refractivity contribution in [1.29, 1.82) is 0 Å². The van der Waals surface area contributed by atoms with E-state index in [-0.39, 0.29) is 6.04 Å². The maximum atomic E-state index is 6.17. The summed E-state index contributed by atoms with van der Waals surface area (Å²) in [6.07, 6.45) is 1.07. The molecule has 0 aliphatic rings. The van der Waals surface area contributed by atoms with Gasteiger partial charge in [-0.25, -0.2) is 4.98 Å². The number of H-pyrrole nitrogens is 1. The van der Waals surface area contributed by atoms with Crippen molar-refractivity contribution in [3.8, 4) is 0 Å². The minimum Gasteiger partial charge on any atom is -0.341 e. The Morgan fingerprint density at radius 3 is 2.81 bits per heavy atom. The topological polar surface area (TPSA) is 54.7 Å². The lowest BCUT2D eigenvalue weighted by atomic mass is 10.00. The molecule has 2 atom stereocenters. The monoisotopic (exact) mass is 217 g/mol. The van der Waals surface area contributed by atoms with Crippen LogP contribution in [0.15, 0.2) is 18.2 Å². The molecule has 1 aromatic carbocycles. The van der Waals surface area contributed by atoms with Crippen LogP contribution in [-0.4, -0.2) is 9.97 Å². The minimum absolute atomic E-state index is 0.00296. The first-order valence-electron chi connectivity index (χ1n) is 5.84. The lowest BCUT2D eigenvalue weighted by molar-refractivity contribution is 0.442. The Hall–Kier alpha value is -1.35. The normalized spacial score (nSPS) is 15.2. The summed E-state index contributed by atoms with van der Waals surface area (Å²) in [6, 6.07) is 6.15. The zero-order valence-electron chi connectivity index (χ0n) is 10.1. The lowest BCUT2D eigenvalue weighted by Crippen LogP contribution is -2.19. The third-order valence-corrected chi connectivity index (χ3v) is 3.31. The molecule has 0 amide bonds. The summed E-state index contributed by atoms with van der Waals surface area (Å²) in [5, 5.41) is 0. The summed E-state index contributed by atoms with van der Waals surface area (Å²) >= 11 is 0. The Bertz CT molecular complexity index is 487. The molecule has 0 aliphatic heterocycles. The van der Waals surface area contributed by atoms with Crippen LogP contribution in [0.25, 0.3) is 11.0 Å². The van der Waals surface area contributed by atoms with E-state index in [0.717, 1.165) is 23.3 Å². The summed E-state index contributed by atoms with van der Waals surface area (Å²) < 4.78 is 0. The number of para-hydroxylation sites is 1. The molecule has 3 N–H and O–H groups in total. The SMILES string of the molecule is CC[C@@H](C)[C@H](N)c1nc2c(C)cccc2[nH]1. The average Bonchev–Trinajstić information content (AvgIpc) is 2.72. The molecule has 0 spiro atoms. The molecule has 86 valence electrons. The molecule has 0 unspecified atom stereocenters. The fourth-order valence-electron chi connectivity index (χ4n) is 1.88.